The first kappa shape index (κ1) is 12.1. The van der Waals surface area contributed by atoms with Gasteiger partial charge in [-0.2, -0.15) is 0 Å². The summed E-state index contributed by atoms with van der Waals surface area (Å²) in [6.45, 7) is 0. The molecule has 0 unspecified atom stereocenters. The number of benzene rings is 1. The molecule has 0 radical (unpaired) electrons. The zero-order valence-corrected chi connectivity index (χ0v) is 9.95. The van der Waals surface area contributed by atoms with E-state index >= 15 is 0 Å². The van der Waals surface area contributed by atoms with Crippen LogP contribution in [0.5, 0.6) is 0 Å². The first-order valence-corrected chi connectivity index (χ1v) is 3.17. The summed E-state index contributed by atoms with van der Waals surface area (Å²) < 4.78 is 0. The molecule has 0 saturated heterocycles. The van der Waals surface area contributed by atoms with Crippen LogP contribution in [0.2, 0.25) is 0 Å². The molecule has 1 aromatic rings. The Balaban J connectivity index is -0.000000403. The van der Waals surface area contributed by atoms with Gasteiger partial charge in [-0.15, -0.1) is 0 Å². The number of aliphatic hydroxyl groups excluding tert-OH is 1. The van der Waals surface area contributed by atoms with Gasteiger partial charge >= 0.3 is 51.5 Å². The average molecular weight is 242 g/mol. The molecule has 0 amide bonds. The third-order valence-electron chi connectivity index (χ3n) is 1.35. The summed E-state index contributed by atoms with van der Waals surface area (Å²) >= 11 is 0. The van der Waals surface area contributed by atoms with Crippen LogP contribution in [0.3, 0.4) is 0 Å². The predicted octanol–water partition coefficient (Wildman–Crippen LogP) is 0.649. The standard InChI is InChI=1S/C8H8O3.Sr.2H/c9-7(8(10)11)6-4-2-1-3-5-6;;;/h1-5,7,9H,(H,10,11);;;/q;+2;2*-1/t7-;;;/m1.../s1. The maximum absolute atomic E-state index is 10.2. The molecule has 0 aliphatic carbocycles. The number of aliphatic hydroxyl groups is 1. The van der Waals surface area contributed by atoms with Gasteiger partial charge < -0.3 is 13.1 Å². The van der Waals surface area contributed by atoms with Crippen molar-refractivity contribution in [1.29, 1.82) is 0 Å². The van der Waals surface area contributed by atoms with E-state index in [0.29, 0.717) is 5.56 Å². The third-order valence-corrected chi connectivity index (χ3v) is 1.35. The van der Waals surface area contributed by atoms with E-state index < -0.39 is 12.1 Å². The Hall–Kier alpha value is 0.131. The number of rotatable bonds is 2. The van der Waals surface area contributed by atoms with Crippen LogP contribution in [0.25, 0.3) is 0 Å². The molecular formula is C8H10O3Sr. The quantitative estimate of drug-likeness (QED) is 0.748. The van der Waals surface area contributed by atoms with E-state index in [1.54, 1.807) is 30.3 Å². The van der Waals surface area contributed by atoms with Gasteiger partial charge in [0.15, 0.2) is 6.10 Å². The molecule has 0 bridgehead atoms. The summed E-state index contributed by atoms with van der Waals surface area (Å²) in [5, 5.41) is 17.4. The molecular weight excluding hydrogens is 232 g/mol. The fourth-order valence-electron chi connectivity index (χ4n) is 0.778. The largest absolute Gasteiger partial charge is 2.00 e. The van der Waals surface area contributed by atoms with Gasteiger partial charge in [-0.3, -0.25) is 0 Å². The van der Waals surface area contributed by atoms with E-state index in [9.17, 15) is 4.79 Å². The van der Waals surface area contributed by atoms with Crippen LogP contribution in [0.4, 0.5) is 0 Å². The molecule has 0 fully saturated rings. The zero-order chi connectivity index (χ0) is 8.27. The van der Waals surface area contributed by atoms with Crippen LogP contribution in [0.15, 0.2) is 30.3 Å². The second-order valence-electron chi connectivity index (χ2n) is 2.15. The molecule has 62 valence electrons. The SMILES string of the molecule is O=C(O)[C@H](O)c1ccccc1.[H-].[H-].[Sr+2]. The molecule has 0 aliphatic heterocycles. The van der Waals surface area contributed by atoms with Crippen molar-refractivity contribution in [2.75, 3.05) is 0 Å². The molecule has 1 rings (SSSR count). The first-order chi connectivity index (χ1) is 5.22. The van der Waals surface area contributed by atoms with Crippen molar-refractivity contribution in [3.05, 3.63) is 35.9 Å². The number of hydrogen-bond acceptors (Lipinski definition) is 2. The topological polar surface area (TPSA) is 57.5 Å². The van der Waals surface area contributed by atoms with Crippen molar-refractivity contribution in [2.45, 2.75) is 6.10 Å². The molecule has 1 atom stereocenters. The summed E-state index contributed by atoms with van der Waals surface area (Å²) in [7, 11) is 0. The van der Waals surface area contributed by atoms with Crippen LogP contribution < -0.4 is 0 Å². The molecule has 0 heterocycles. The van der Waals surface area contributed by atoms with Crippen LogP contribution in [0.1, 0.15) is 14.5 Å². The zero-order valence-electron chi connectivity index (χ0n) is 8.47. The van der Waals surface area contributed by atoms with Crippen molar-refractivity contribution in [3.63, 3.8) is 0 Å². The molecule has 0 spiro atoms. The molecule has 2 N–H and O–H groups in total. The Morgan fingerprint density at radius 2 is 1.83 bits per heavy atom. The van der Waals surface area contributed by atoms with Crippen LogP contribution >= 0.6 is 0 Å². The maximum atomic E-state index is 10.2. The smallest absolute Gasteiger partial charge is 1.00 e. The number of carbonyl (C=O) groups is 1. The third kappa shape index (κ3) is 3.25. The summed E-state index contributed by atoms with van der Waals surface area (Å²) in [4.78, 5) is 10.2. The van der Waals surface area contributed by atoms with Gasteiger partial charge in [0.25, 0.3) is 0 Å². The Morgan fingerprint density at radius 1 is 1.33 bits per heavy atom. The monoisotopic (exact) mass is 242 g/mol. The summed E-state index contributed by atoms with van der Waals surface area (Å²) in [5.41, 5.74) is 0.403. The van der Waals surface area contributed by atoms with Crippen LogP contribution in [-0.2, 0) is 4.79 Å². The summed E-state index contributed by atoms with van der Waals surface area (Å²) in [5.74, 6) is -1.23. The van der Waals surface area contributed by atoms with Crippen molar-refractivity contribution < 1.29 is 17.9 Å². The summed E-state index contributed by atoms with van der Waals surface area (Å²) in [6.07, 6.45) is -1.41. The van der Waals surface area contributed by atoms with E-state index in [-0.39, 0.29) is 48.3 Å². The van der Waals surface area contributed by atoms with Crippen LogP contribution in [-0.4, -0.2) is 61.7 Å². The van der Waals surface area contributed by atoms with Gasteiger partial charge in [0.1, 0.15) is 0 Å². The van der Waals surface area contributed by atoms with Gasteiger partial charge in [0, 0.05) is 0 Å². The minimum Gasteiger partial charge on any atom is -1.00 e. The van der Waals surface area contributed by atoms with Crippen molar-refractivity contribution in [1.82, 2.24) is 0 Å². The second-order valence-corrected chi connectivity index (χ2v) is 2.15. The minimum atomic E-state index is -1.41. The Kier molecular flexibility index (Phi) is 5.78. The van der Waals surface area contributed by atoms with Crippen molar-refractivity contribution >= 4 is 51.5 Å². The van der Waals surface area contributed by atoms with Gasteiger partial charge in [0.05, 0.1) is 0 Å². The predicted molar refractivity (Wildman–Crippen MR) is 47.0 cm³/mol. The van der Waals surface area contributed by atoms with Crippen LogP contribution in [0, 0.1) is 0 Å². The number of carboxylic acids is 1. The minimum absolute atomic E-state index is 0. The van der Waals surface area contributed by atoms with Gasteiger partial charge in [0.2, 0.25) is 0 Å². The molecule has 3 nitrogen and oxygen atoms in total. The van der Waals surface area contributed by atoms with E-state index in [2.05, 4.69) is 0 Å². The van der Waals surface area contributed by atoms with E-state index in [1.165, 1.54) is 0 Å². The number of carboxylic acid groups (broad SMARTS) is 1. The average Bonchev–Trinajstić information content (AvgIpc) is 2.05. The normalized spacial score (nSPS) is 11.4. The van der Waals surface area contributed by atoms with Gasteiger partial charge in [-0.1, -0.05) is 30.3 Å². The Morgan fingerprint density at radius 3 is 2.25 bits per heavy atom. The van der Waals surface area contributed by atoms with E-state index in [1.807, 2.05) is 0 Å². The molecule has 1 aromatic carbocycles. The Bertz CT molecular complexity index is 256. The molecule has 4 heteroatoms. The second kappa shape index (κ2) is 5.72. The van der Waals surface area contributed by atoms with Gasteiger partial charge in [-0.05, 0) is 5.56 Å². The van der Waals surface area contributed by atoms with E-state index in [4.69, 9.17) is 10.2 Å². The molecule has 0 saturated carbocycles. The van der Waals surface area contributed by atoms with Gasteiger partial charge in [-0.25, -0.2) is 4.79 Å². The number of hydrogen-bond donors (Lipinski definition) is 2. The van der Waals surface area contributed by atoms with Crippen molar-refractivity contribution in [3.8, 4) is 0 Å². The molecule has 0 aliphatic rings. The van der Waals surface area contributed by atoms with E-state index in [0.717, 1.165) is 0 Å². The molecule has 12 heavy (non-hydrogen) atoms. The van der Waals surface area contributed by atoms with Crippen molar-refractivity contribution in [2.24, 2.45) is 0 Å². The fraction of sp³-hybridized carbons (Fsp3) is 0.125. The molecule has 0 aromatic heterocycles. The maximum Gasteiger partial charge on any atom is 2.00 e. The summed E-state index contributed by atoms with van der Waals surface area (Å²) in [6, 6.07) is 8.26. The first-order valence-electron chi connectivity index (χ1n) is 3.17. The Labute approximate surface area is 110 Å². The fourth-order valence-corrected chi connectivity index (χ4v) is 0.778. The number of aliphatic carboxylic acids is 1.